The van der Waals surface area contributed by atoms with Crippen LogP contribution in [-0.2, 0) is 18.3 Å². The molecule has 1 heterocycles. The fraction of sp³-hybridized carbons (Fsp3) is 0.667. The molecule has 0 aliphatic rings. The van der Waals surface area contributed by atoms with Crippen molar-refractivity contribution in [2.24, 2.45) is 7.05 Å². The van der Waals surface area contributed by atoms with Crippen molar-refractivity contribution in [1.82, 2.24) is 14.9 Å². The molecule has 0 fully saturated rings. The van der Waals surface area contributed by atoms with Crippen molar-refractivity contribution >= 4 is 11.6 Å². The Labute approximate surface area is 94.0 Å². The summed E-state index contributed by atoms with van der Waals surface area (Å²) in [6.07, 6.45) is 1.60. The lowest BCUT2D eigenvalue weighted by Gasteiger charge is -2.14. The highest BCUT2D eigenvalue weighted by Crippen LogP contribution is 2.08. The second-order valence-electron chi connectivity index (χ2n) is 3.27. The molecule has 1 rings (SSSR count). The number of hydrogen-bond donors (Lipinski definition) is 2. The molecule has 1 aromatic heterocycles. The summed E-state index contributed by atoms with van der Waals surface area (Å²) in [6, 6.07) is -0.0783. The van der Waals surface area contributed by atoms with Gasteiger partial charge in [-0.25, -0.2) is 4.98 Å². The molecule has 2 N–H and O–H groups in total. The first-order valence-corrected chi connectivity index (χ1v) is 5.06. The van der Waals surface area contributed by atoms with E-state index in [1.807, 2.05) is 7.05 Å². The van der Waals surface area contributed by atoms with Gasteiger partial charge in [-0.1, -0.05) is 11.6 Å². The van der Waals surface area contributed by atoms with Crippen LogP contribution >= 0.6 is 11.6 Å². The van der Waals surface area contributed by atoms with Gasteiger partial charge in [-0.3, -0.25) is 0 Å². The van der Waals surface area contributed by atoms with Gasteiger partial charge < -0.3 is 19.7 Å². The summed E-state index contributed by atoms with van der Waals surface area (Å²) in [5.41, 5.74) is 0. The van der Waals surface area contributed by atoms with Crippen LogP contribution in [0.3, 0.4) is 0 Å². The van der Waals surface area contributed by atoms with Crippen molar-refractivity contribution in [2.45, 2.75) is 12.6 Å². The van der Waals surface area contributed by atoms with E-state index in [-0.39, 0.29) is 12.6 Å². The predicted molar refractivity (Wildman–Crippen MR) is 57.8 cm³/mol. The molecular formula is C9H16ClN3O2. The van der Waals surface area contributed by atoms with E-state index in [4.69, 9.17) is 21.4 Å². The summed E-state index contributed by atoms with van der Waals surface area (Å²) < 4.78 is 6.73. The Kier molecular flexibility index (Phi) is 5.04. The van der Waals surface area contributed by atoms with Gasteiger partial charge in [0.2, 0.25) is 0 Å². The Morgan fingerprint density at radius 3 is 2.93 bits per heavy atom. The molecule has 0 bridgehead atoms. The molecule has 0 amide bonds. The van der Waals surface area contributed by atoms with Gasteiger partial charge in [0.1, 0.15) is 11.0 Å². The number of aliphatic hydroxyl groups excluding tert-OH is 1. The molecule has 1 atom stereocenters. The number of rotatable bonds is 6. The summed E-state index contributed by atoms with van der Waals surface area (Å²) in [7, 11) is 3.44. The highest BCUT2D eigenvalue weighted by atomic mass is 35.5. The first-order valence-electron chi connectivity index (χ1n) is 4.68. The Morgan fingerprint density at radius 2 is 2.47 bits per heavy atom. The summed E-state index contributed by atoms with van der Waals surface area (Å²) in [4.78, 5) is 4.13. The maximum absolute atomic E-state index is 9.01. The minimum absolute atomic E-state index is 0.0337. The number of aliphatic hydroxyl groups is 1. The lowest BCUT2D eigenvalue weighted by molar-refractivity contribution is 0.127. The highest BCUT2D eigenvalue weighted by Gasteiger charge is 2.09. The minimum atomic E-state index is -0.0783. The van der Waals surface area contributed by atoms with Crippen LogP contribution < -0.4 is 5.32 Å². The van der Waals surface area contributed by atoms with Crippen LogP contribution in [0.25, 0.3) is 0 Å². The van der Waals surface area contributed by atoms with Crippen molar-refractivity contribution in [3.63, 3.8) is 0 Å². The molecule has 0 radical (unpaired) electrons. The molecular weight excluding hydrogens is 218 g/mol. The quantitative estimate of drug-likeness (QED) is 0.736. The molecule has 1 unspecified atom stereocenters. The summed E-state index contributed by atoms with van der Waals surface area (Å²) >= 11 is 5.84. The smallest absolute Gasteiger partial charge is 0.128 e. The van der Waals surface area contributed by atoms with Gasteiger partial charge in [-0.15, -0.1) is 0 Å². The van der Waals surface area contributed by atoms with E-state index in [9.17, 15) is 0 Å². The zero-order valence-corrected chi connectivity index (χ0v) is 9.66. The van der Waals surface area contributed by atoms with Crippen molar-refractivity contribution < 1.29 is 9.84 Å². The molecule has 15 heavy (non-hydrogen) atoms. The fourth-order valence-electron chi connectivity index (χ4n) is 1.20. The van der Waals surface area contributed by atoms with Crippen molar-refractivity contribution in [2.75, 3.05) is 20.3 Å². The number of ether oxygens (including phenoxy) is 1. The second kappa shape index (κ2) is 6.07. The summed E-state index contributed by atoms with van der Waals surface area (Å²) in [5, 5.41) is 12.7. The Balaban J connectivity index is 2.45. The number of aromatic nitrogens is 2. The van der Waals surface area contributed by atoms with Gasteiger partial charge in [-0.2, -0.15) is 0 Å². The molecule has 0 aliphatic heterocycles. The monoisotopic (exact) mass is 233 g/mol. The van der Waals surface area contributed by atoms with Crippen LogP contribution in [0, 0.1) is 0 Å². The van der Waals surface area contributed by atoms with Crippen LogP contribution in [0.5, 0.6) is 0 Å². The third-order valence-electron chi connectivity index (χ3n) is 2.16. The molecule has 0 aromatic carbocycles. The molecule has 5 nitrogen and oxygen atoms in total. The Morgan fingerprint density at radius 1 is 1.73 bits per heavy atom. The molecule has 6 heteroatoms. The van der Waals surface area contributed by atoms with Gasteiger partial charge in [-0.05, 0) is 0 Å². The van der Waals surface area contributed by atoms with Gasteiger partial charge in [0.25, 0.3) is 0 Å². The fourth-order valence-corrected chi connectivity index (χ4v) is 1.35. The first kappa shape index (κ1) is 12.4. The van der Waals surface area contributed by atoms with E-state index < -0.39 is 0 Å². The van der Waals surface area contributed by atoms with Crippen LogP contribution in [0.15, 0.2) is 6.20 Å². The summed E-state index contributed by atoms with van der Waals surface area (Å²) in [6.45, 7) is 1.05. The zero-order chi connectivity index (χ0) is 11.3. The van der Waals surface area contributed by atoms with E-state index in [2.05, 4.69) is 10.3 Å². The first-order chi connectivity index (χ1) is 7.19. The average molecular weight is 234 g/mol. The topological polar surface area (TPSA) is 59.3 Å². The standard InChI is InChI=1S/C9H16ClN3O2/c1-13-8(10)3-12-9(13)4-11-7(5-14)6-15-2/h3,7,11,14H,4-6H2,1-2H3. The molecule has 86 valence electrons. The van der Waals surface area contributed by atoms with Crippen molar-refractivity contribution in [3.05, 3.63) is 17.2 Å². The van der Waals surface area contributed by atoms with Crippen LogP contribution in [0.4, 0.5) is 0 Å². The van der Waals surface area contributed by atoms with Gasteiger partial charge >= 0.3 is 0 Å². The van der Waals surface area contributed by atoms with Gasteiger partial charge in [0, 0.05) is 14.2 Å². The maximum Gasteiger partial charge on any atom is 0.128 e. The van der Waals surface area contributed by atoms with E-state index in [0.29, 0.717) is 18.3 Å². The van der Waals surface area contributed by atoms with Crippen molar-refractivity contribution in [3.8, 4) is 0 Å². The molecule has 0 aliphatic carbocycles. The third-order valence-corrected chi connectivity index (χ3v) is 2.52. The lowest BCUT2D eigenvalue weighted by Crippen LogP contribution is -2.36. The summed E-state index contributed by atoms with van der Waals surface area (Å²) in [5.74, 6) is 0.828. The average Bonchev–Trinajstić information content (AvgIpc) is 2.55. The number of nitrogens with one attached hydrogen (secondary N) is 1. The minimum Gasteiger partial charge on any atom is -0.395 e. The number of halogens is 1. The highest BCUT2D eigenvalue weighted by molar-refractivity contribution is 6.29. The molecule has 0 spiro atoms. The normalized spacial score (nSPS) is 13.1. The molecule has 1 aromatic rings. The third kappa shape index (κ3) is 3.46. The predicted octanol–water partition coefficient (Wildman–Crippen LogP) is 0.170. The maximum atomic E-state index is 9.01. The number of hydrogen-bond acceptors (Lipinski definition) is 4. The van der Waals surface area contributed by atoms with Gasteiger partial charge in [0.15, 0.2) is 0 Å². The second-order valence-corrected chi connectivity index (χ2v) is 3.66. The lowest BCUT2D eigenvalue weighted by atomic mass is 10.3. The van der Waals surface area contributed by atoms with E-state index >= 15 is 0 Å². The van der Waals surface area contributed by atoms with Gasteiger partial charge in [0.05, 0.1) is 32.0 Å². The van der Waals surface area contributed by atoms with Crippen molar-refractivity contribution in [1.29, 1.82) is 0 Å². The number of imidazole rings is 1. The molecule has 0 saturated heterocycles. The van der Waals surface area contributed by atoms with E-state index in [0.717, 1.165) is 5.82 Å². The van der Waals surface area contributed by atoms with Crippen LogP contribution in [-0.4, -0.2) is 41.0 Å². The largest absolute Gasteiger partial charge is 0.395 e. The number of nitrogens with zero attached hydrogens (tertiary/aromatic N) is 2. The Hall–Kier alpha value is -0.620. The molecule has 0 saturated carbocycles. The van der Waals surface area contributed by atoms with E-state index in [1.54, 1.807) is 17.9 Å². The SMILES string of the molecule is COCC(CO)NCc1ncc(Cl)n1C. The zero-order valence-electron chi connectivity index (χ0n) is 8.90. The Bertz CT molecular complexity index is 304. The van der Waals surface area contributed by atoms with Crippen LogP contribution in [0.2, 0.25) is 5.15 Å². The number of methoxy groups -OCH3 is 1. The van der Waals surface area contributed by atoms with Crippen LogP contribution in [0.1, 0.15) is 5.82 Å². The van der Waals surface area contributed by atoms with E-state index in [1.165, 1.54) is 0 Å².